The fourth-order valence-corrected chi connectivity index (χ4v) is 9.20. The van der Waals surface area contributed by atoms with Gasteiger partial charge in [0.15, 0.2) is 0 Å². The van der Waals surface area contributed by atoms with Crippen molar-refractivity contribution in [3.8, 4) is 61.5 Å². The smallest absolute Gasteiger partial charge is 0.0979 e. The Morgan fingerprint density at radius 2 is 0.705 bits per heavy atom. The Morgan fingerprint density at radius 3 is 1.25 bits per heavy atom. The molecular formula is C58H37N3. The monoisotopic (exact) mass is 775 g/mol. The maximum atomic E-state index is 5.47. The maximum Gasteiger partial charge on any atom is 0.0979 e. The molecule has 0 aliphatic rings. The van der Waals surface area contributed by atoms with Crippen LogP contribution in [0.1, 0.15) is 0 Å². The van der Waals surface area contributed by atoms with Crippen LogP contribution in [-0.2, 0) is 0 Å². The third-order valence-corrected chi connectivity index (χ3v) is 12.2. The number of aromatic nitrogens is 3. The molecule has 12 aromatic rings. The molecule has 284 valence electrons. The number of fused-ring (bicyclic) bond motifs is 9. The minimum absolute atomic E-state index is 0.839. The summed E-state index contributed by atoms with van der Waals surface area (Å²) in [6.07, 6.45) is 1.94. The predicted octanol–water partition coefficient (Wildman–Crippen LogP) is 15.4. The SMILES string of the molecule is c1ccc(-c2ccc(-c3ccc4c(c3)c3cc(-c5ccc(-c6ccccc6)cc5)ccc3c3nc(-c5cccc(-n6c7ccccc7c7ccccc76)c5)cnc43)cc2)cc1. The van der Waals surface area contributed by atoms with Crippen molar-refractivity contribution in [2.24, 2.45) is 0 Å². The fourth-order valence-electron chi connectivity index (χ4n) is 9.20. The standard InChI is InChI=1S/C58H37N3/c1-3-12-38(13-4-1)40-22-26-42(27-23-40)44-30-32-50-52(35-44)53-36-45(43-28-24-41(25-29-43)39-14-5-2-6-15-39)31-33-51(53)58-57(50)59-37-54(60-58)46-16-11-17-47(34-46)61-55-20-9-7-18-48(55)49-19-8-10-21-56(49)61/h1-37H. The average molecular weight is 776 g/mol. The predicted molar refractivity (Wildman–Crippen MR) is 256 cm³/mol. The number of benzene rings is 10. The lowest BCUT2D eigenvalue weighted by Gasteiger charge is -2.14. The number of hydrogen-bond donors (Lipinski definition) is 0. The first-order valence-electron chi connectivity index (χ1n) is 20.8. The zero-order valence-electron chi connectivity index (χ0n) is 33.2. The maximum absolute atomic E-state index is 5.47. The van der Waals surface area contributed by atoms with E-state index in [0.29, 0.717) is 0 Å². The molecule has 0 unspecified atom stereocenters. The molecule has 0 N–H and O–H groups in total. The second kappa shape index (κ2) is 14.3. The van der Waals surface area contributed by atoms with Crippen molar-refractivity contribution in [2.45, 2.75) is 0 Å². The lowest BCUT2D eigenvalue weighted by Crippen LogP contribution is -1.96. The molecule has 0 radical (unpaired) electrons. The molecule has 0 fully saturated rings. The molecular weight excluding hydrogens is 739 g/mol. The Kier molecular flexibility index (Phi) is 8.17. The number of para-hydroxylation sites is 2. The first-order valence-corrected chi connectivity index (χ1v) is 20.8. The van der Waals surface area contributed by atoms with E-state index < -0.39 is 0 Å². The van der Waals surface area contributed by atoms with Gasteiger partial charge in [-0.2, -0.15) is 0 Å². The molecule has 2 heterocycles. The Labute approximate surface area is 353 Å². The van der Waals surface area contributed by atoms with Crippen LogP contribution < -0.4 is 0 Å². The molecule has 3 heteroatoms. The largest absolute Gasteiger partial charge is 0.309 e. The van der Waals surface area contributed by atoms with Crippen LogP contribution in [0.2, 0.25) is 0 Å². The highest BCUT2D eigenvalue weighted by molar-refractivity contribution is 6.24. The average Bonchev–Trinajstić information content (AvgIpc) is 3.69. The first kappa shape index (κ1) is 34.9. The zero-order chi connectivity index (χ0) is 40.3. The first-order chi connectivity index (χ1) is 30.2. The number of nitrogens with zero attached hydrogens (tertiary/aromatic N) is 3. The highest BCUT2D eigenvalue weighted by Gasteiger charge is 2.17. The molecule has 2 aromatic heterocycles. The van der Waals surface area contributed by atoms with E-state index in [9.17, 15) is 0 Å². The lowest BCUT2D eigenvalue weighted by molar-refractivity contribution is 1.18. The van der Waals surface area contributed by atoms with Gasteiger partial charge in [-0.05, 0) is 91.7 Å². The topological polar surface area (TPSA) is 30.7 Å². The van der Waals surface area contributed by atoms with Crippen molar-refractivity contribution in [1.82, 2.24) is 14.5 Å². The summed E-state index contributed by atoms with van der Waals surface area (Å²) in [5, 5.41) is 6.96. The summed E-state index contributed by atoms with van der Waals surface area (Å²) < 4.78 is 2.35. The molecule has 0 bridgehead atoms. The van der Waals surface area contributed by atoms with Gasteiger partial charge in [0.25, 0.3) is 0 Å². The van der Waals surface area contributed by atoms with Crippen LogP contribution in [0.3, 0.4) is 0 Å². The van der Waals surface area contributed by atoms with Gasteiger partial charge in [0.2, 0.25) is 0 Å². The van der Waals surface area contributed by atoms with Gasteiger partial charge in [-0.25, -0.2) is 4.98 Å². The van der Waals surface area contributed by atoms with E-state index in [1.807, 2.05) is 6.20 Å². The van der Waals surface area contributed by atoms with Crippen molar-refractivity contribution in [1.29, 1.82) is 0 Å². The summed E-state index contributed by atoms with van der Waals surface area (Å²) in [6, 6.07) is 78.4. The molecule has 3 nitrogen and oxygen atoms in total. The van der Waals surface area contributed by atoms with Crippen LogP contribution >= 0.6 is 0 Å². The van der Waals surface area contributed by atoms with Gasteiger partial charge in [0.05, 0.1) is 34.0 Å². The van der Waals surface area contributed by atoms with Gasteiger partial charge in [-0.1, -0.05) is 182 Å². The number of rotatable bonds is 6. The normalized spacial score (nSPS) is 11.6. The molecule has 0 aliphatic carbocycles. The molecule has 0 atom stereocenters. The molecule has 0 saturated heterocycles. The van der Waals surface area contributed by atoms with Gasteiger partial charge in [0.1, 0.15) is 0 Å². The van der Waals surface area contributed by atoms with E-state index in [1.54, 1.807) is 0 Å². The van der Waals surface area contributed by atoms with Gasteiger partial charge in [-0.15, -0.1) is 0 Å². The lowest BCUT2D eigenvalue weighted by atomic mass is 9.92. The van der Waals surface area contributed by atoms with Crippen LogP contribution in [0.4, 0.5) is 0 Å². The summed E-state index contributed by atoms with van der Waals surface area (Å²) in [5.41, 5.74) is 16.6. The highest BCUT2D eigenvalue weighted by atomic mass is 15.0. The molecule has 0 spiro atoms. The van der Waals surface area contributed by atoms with E-state index in [-0.39, 0.29) is 0 Å². The van der Waals surface area contributed by atoms with E-state index >= 15 is 0 Å². The summed E-state index contributed by atoms with van der Waals surface area (Å²) >= 11 is 0. The quantitative estimate of drug-likeness (QED) is 0.158. The van der Waals surface area contributed by atoms with Crippen LogP contribution in [0, 0.1) is 0 Å². The third kappa shape index (κ3) is 5.98. The minimum Gasteiger partial charge on any atom is -0.309 e. The fraction of sp³-hybridized carbons (Fsp3) is 0. The number of hydrogen-bond acceptors (Lipinski definition) is 2. The molecule has 10 aromatic carbocycles. The van der Waals surface area contributed by atoms with Gasteiger partial charge >= 0.3 is 0 Å². The van der Waals surface area contributed by atoms with E-state index in [1.165, 1.54) is 55.2 Å². The second-order valence-electron chi connectivity index (χ2n) is 15.8. The van der Waals surface area contributed by atoms with Crippen molar-refractivity contribution in [3.63, 3.8) is 0 Å². The molecule has 12 rings (SSSR count). The van der Waals surface area contributed by atoms with Crippen LogP contribution in [0.5, 0.6) is 0 Å². The summed E-state index contributed by atoms with van der Waals surface area (Å²) in [4.78, 5) is 10.7. The molecule has 0 saturated carbocycles. The molecule has 0 aliphatic heterocycles. The second-order valence-corrected chi connectivity index (χ2v) is 15.8. The van der Waals surface area contributed by atoms with E-state index in [2.05, 4.69) is 223 Å². The van der Waals surface area contributed by atoms with Crippen LogP contribution in [-0.4, -0.2) is 14.5 Å². The van der Waals surface area contributed by atoms with Crippen LogP contribution in [0.25, 0.3) is 116 Å². The van der Waals surface area contributed by atoms with E-state index in [4.69, 9.17) is 9.97 Å². The Morgan fingerprint density at radius 1 is 0.279 bits per heavy atom. The van der Waals surface area contributed by atoms with Crippen molar-refractivity contribution >= 4 is 54.4 Å². The van der Waals surface area contributed by atoms with Gasteiger partial charge < -0.3 is 4.57 Å². The molecule has 61 heavy (non-hydrogen) atoms. The molecule has 0 amide bonds. The third-order valence-electron chi connectivity index (χ3n) is 12.2. The minimum atomic E-state index is 0.839. The van der Waals surface area contributed by atoms with Gasteiger partial charge in [0, 0.05) is 32.8 Å². The Bertz CT molecular complexity index is 3550. The van der Waals surface area contributed by atoms with Crippen LogP contribution in [0.15, 0.2) is 225 Å². The summed E-state index contributed by atoms with van der Waals surface area (Å²) in [5.74, 6) is 0. The summed E-state index contributed by atoms with van der Waals surface area (Å²) in [6.45, 7) is 0. The van der Waals surface area contributed by atoms with Crippen molar-refractivity contribution in [2.75, 3.05) is 0 Å². The zero-order valence-corrected chi connectivity index (χ0v) is 33.2. The highest BCUT2D eigenvalue weighted by Crippen LogP contribution is 2.40. The van der Waals surface area contributed by atoms with Crippen molar-refractivity contribution < 1.29 is 0 Å². The van der Waals surface area contributed by atoms with Crippen molar-refractivity contribution in [3.05, 3.63) is 225 Å². The summed E-state index contributed by atoms with van der Waals surface area (Å²) in [7, 11) is 0. The Hall–Kier alpha value is -8.14. The van der Waals surface area contributed by atoms with E-state index in [0.717, 1.165) is 60.6 Å². The van der Waals surface area contributed by atoms with Gasteiger partial charge in [-0.3, -0.25) is 4.98 Å². The Balaban J connectivity index is 1.02.